The second-order valence-electron chi connectivity index (χ2n) is 0.535. The molecule has 0 radical (unpaired) electrons. The summed E-state index contributed by atoms with van der Waals surface area (Å²) in [5.41, 5.74) is 0. The third kappa shape index (κ3) is 292. The first-order valence-corrected chi connectivity index (χ1v) is 3.18. The van der Waals surface area contributed by atoms with E-state index in [-0.39, 0.29) is 29.6 Å². The Hall–Kier alpha value is 1.30. The molecule has 0 aromatic rings. The second-order valence-corrected chi connectivity index (χ2v) is 1.33. The minimum atomic E-state index is -3.65. The molecule has 9 heteroatoms. The van der Waals surface area contributed by atoms with Crippen LogP contribution < -0.4 is 42.2 Å². The number of rotatable bonds is 0. The molecule has 0 saturated carbocycles. The van der Waals surface area contributed by atoms with Crippen molar-refractivity contribution in [3.8, 4) is 0 Å². The first-order valence-electron chi connectivity index (χ1n) is 1.24. The molecule has 6 nitrogen and oxygen atoms in total. The Morgan fingerprint density at radius 1 is 1.00 bits per heavy atom. The quantitative estimate of drug-likeness (QED) is 0.342. The van der Waals surface area contributed by atoms with Gasteiger partial charge in [-0.1, -0.05) is 0 Å². The van der Waals surface area contributed by atoms with E-state index >= 15 is 0 Å². The van der Waals surface area contributed by atoms with Gasteiger partial charge in [0.25, 0.3) is 0 Å². The molecule has 0 spiro atoms. The van der Waals surface area contributed by atoms with Crippen LogP contribution in [-0.2, 0) is 0 Å². The standard InChI is InChI=1S/BH3O3.BrO3.Na/c2*2-1(3)4;/h2-4H;;/q;-1;+1. The topological polar surface area (TPSA) is 130 Å². The largest absolute Gasteiger partial charge is 1.00 e. The van der Waals surface area contributed by atoms with Crippen LogP contribution >= 0.6 is 0 Å². The summed E-state index contributed by atoms with van der Waals surface area (Å²) in [7, 11) is -2.17. The monoisotopic (exact) mass is 212 g/mol. The molecule has 0 heterocycles. The van der Waals surface area contributed by atoms with Crippen LogP contribution in [-0.4, -0.2) is 22.4 Å². The van der Waals surface area contributed by atoms with Crippen molar-refractivity contribution in [1.82, 2.24) is 0 Å². The molecular weight excluding hydrogens is 210 g/mol. The first kappa shape index (κ1) is 16.7. The van der Waals surface area contributed by atoms with E-state index in [1.807, 2.05) is 0 Å². The summed E-state index contributed by atoms with van der Waals surface area (Å²) in [6.07, 6.45) is 0. The van der Waals surface area contributed by atoms with Crippen LogP contribution in [0.25, 0.3) is 0 Å². The number of hydrogen-bond acceptors (Lipinski definition) is 6. The number of halogens is 1. The minimum Gasteiger partial charge on any atom is -0.405 e. The summed E-state index contributed by atoms with van der Waals surface area (Å²) in [5, 5.41) is 21.5. The Morgan fingerprint density at radius 2 is 1.00 bits per heavy atom. The average Bonchev–Trinajstić information content (AvgIpc) is 1.25. The Labute approximate surface area is 79.0 Å². The van der Waals surface area contributed by atoms with Gasteiger partial charge in [-0.25, -0.2) is 0 Å². The fraction of sp³-hybridized carbons (Fsp3) is 0. The zero-order chi connectivity index (χ0) is 7.15. The van der Waals surface area contributed by atoms with Crippen molar-refractivity contribution in [2.24, 2.45) is 0 Å². The molecule has 0 aromatic carbocycles. The van der Waals surface area contributed by atoms with Crippen LogP contribution in [0.3, 0.4) is 0 Å². The molecular formula is H3BBrNaO6. The molecule has 50 valence electrons. The molecule has 0 saturated heterocycles. The molecule has 0 aromatic heterocycles. The molecule has 0 fully saturated rings. The van der Waals surface area contributed by atoms with E-state index < -0.39 is 22.1 Å². The zero-order valence-corrected chi connectivity index (χ0v) is 8.11. The van der Waals surface area contributed by atoms with E-state index in [0.29, 0.717) is 0 Å². The summed E-state index contributed by atoms with van der Waals surface area (Å²) in [5.74, 6) is 0. The van der Waals surface area contributed by atoms with Gasteiger partial charge in [-0.3, -0.25) is 0 Å². The van der Waals surface area contributed by atoms with Crippen molar-refractivity contribution in [2.45, 2.75) is 0 Å². The van der Waals surface area contributed by atoms with Gasteiger partial charge < -0.3 is 27.7 Å². The molecule has 0 amide bonds. The van der Waals surface area contributed by atoms with Crippen molar-refractivity contribution >= 4 is 7.32 Å². The smallest absolute Gasteiger partial charge is 0.405 e. The Morgan fingerprint density at radius 3 is 1.00 bits per heavy atom. The van der Waals surface area contributed by atoms with Crippen LogP contribution in [0.2, 0.25) is 0 Å². The van der Waals surface area contributed by atoms with Crippen molar-refractivity contribution < 1.29 is 72.0 Å². The normalized spacial score (nSPS) is 7.00. The predicted molar refractivity (Wildman–Crippen MR) is 12.4 cm³/mol. The van der Waals surface area contributed by atoms with Gasteiger partial charge in [0.2, 0.25) is 14.8 Å². The van der Waals surface area contributed by atoms with Crippen LogP contribution in [0.15, 0.2) is 0 Å². The van der Waals surface area contributed by atoms with Crippen LogP contribution in [0.1, 0.15) is 0 Å². The number of hydrogen-bond donors (Lipinski definition) is 3. The predicted octanol–water partition coefficient (Wildman–Crippen LogP) is -8.61. The van der Waals surface area contributed by atoms with Crippen molar-refractivity contribution in [3.05, 3.63) is 0 Å². The van der Waals surface area contributed by atoms with E-state index in [2.05, 4.69) is 0 Å². The van der Waals surface area contributed by atoms with Gasteiger partial charge in [0.15, 0.2) is 0 Å². The van der Waals surface area contributed by atoms with Crippen molar-refractivity contribution in [3.63, 3.8) is 0 Å². The summed E-state index contributed by atoms with van der Waals surface area (Å²) >= 11 is -3.65. The zero-order valence-electron chi connectivity index (χ0n) is 4.52. The fourth-order valence-electron chi connectivity index (χ4n) is 0. The minimum absolute atomic E-state index is 0. The van der Waals surface area contributed by atoms with E-state index in [1.165, 1.54) is 0 Å². The van der Waals surface area contributed by atoms with E-state index in [0.717, 1.165) is 0 Å². The van der Waals surface area contributed by atoms with E-state index in [9.17, 15) is 0 Å². The summed E-state index contributed by atoms with van der Waals surface area (Å²) in [6.45, 7) is 0. The Bertz CT molecular complexity index is 28.5. The summed E-state index contributed by atoms with van der Waals surface area (Å²) < 4.78 is 25.6. The van der Waals surface area contributed by atoms with Gasteiger partial charge >= 0.3 is 36.9 Å². The van der Waals surface area contributed by atoms with Crippen LogP contribution in [0.4, 0.5) is 0 Å². The Balaban J connectivity index is -0.0000000720. The third-order valence-electron chi connectivity index (χ3n) is 0. The molecule has 0 aliphatic carbocycles. The van der Waals surface area contributed by atoms with Gasteiger partial charge in [-0.15, -0.1) is 0 Å². The van der Waals surface area contributed by atoms with Crippen molar-refractivity contribution in [1.29, 1.82) is 0 Å². The third-order valence-corrected chi connectivity index (χ3v) is 0. The molecule has 0 aliphatic heterocycles. The molecule has 0 atom stereocenters. The maximum atomic E-state index is 8.52. The molecule has 9 heavy (non-hydrogen) atoms. The van der Waals surface area contributed by atoms with Crippen LogP contribution in [0.5, 0.6) is 0 Å². The molecule has 0 unspecified atom stereocenters. The SMILES string of the molecule is OB(O)O.[Na+].[O-][Br+2]([O-])[O-]. The summed E-state index contributed by atoms with van der Waals surface area (Å²) in [4.78, 5) is 0. The maximum absolute atomic E-state index is 8.52. The van der Waals surface area contributed by atoms with Crippen molar-refractivity contribution in [2.75, 3.05) is 0 Å². The fourth-order valence-corrected chi connectivity index (χ4v) is 0. The molecule has 0 aliphatic rings. The molecule has 3 N–H and O–H groups in total. The van der Waals surface area contributed by atoms with Crippen LogP contribution in [0, 0.1) is 14.8 Å². The first-order chi connectivity index (χ1) is 3.46. The van der Waals surface area contributed by atoms with Gasteiger partial charge in [0, 0.05) is 0 Å². The average molecular weight is 213 g/mol. The summed E-state index contributed by atoms with van der Waals surface area (Å²) in [6, 6.07) is 0. The van der Waals surface area contributed by atoms with Gasteiger partial charge in [0.05, 0.1) is 0 Å². The van der Waals surface area contributed by atoms with Gasteiger partial charge in [-0.05, 0) is 0 Å². The maximum Gasteiger partial charge on any atom is 1.00 e. The van der Waals surface area contributed by atoms with E-state index in [4.69, 9.17) is 27.7 Å². The van der Waals surface area contributed by atoms with Gasteiger partial charge in [0.1, 0.15) is 0 Å². The van der Waals surface area contributed by atoms with Gasteiger partial charge in [-0.2, -0.15) is 0 Å². The molecule has 0 bridgehead atoms. The molecule has 0 rings (SSSR count). The Kier molecular flexibility index (Phi) is 22.3. The van der Waals surface area contributed by atoms with E-state index in [1.54, 1.807) is 0 Å². The second kappa shape index (κ2) is 12.0.